The Balaban J connectivity index is 1.70. The van der Waals surface area contributed by atoms with Gasteiger partial charge < -0.3 is 10.1 Å². The molecule has 0 unspecified atom stereocenters. The molecule has 0 aliphatic heterocycles. The number of nitrogens with one attached hydrogen (secondary N) is 1. The Bertz CT molecular complexity index is 1080. The molecule has 1 N–H and O–H groups in total. The van der Waals surface area contributed by atoms with Gasteiger partial charge in [0.25, 0.3) is 0 Å². The van der Waals surface area contributed by atoms with Crippen molar-refractivity contribution in [2.75, 3.05) is 18.9 Å². The molecule has 3 aromatic rings. The standard InChI is InChI=1S/C25H30N4O3S/c1-4-32-24(31)11-8-14-26-23(30)17-33-25-28-27-22(16-20-9-6-5-7-10-20)29(25)21-13-12-18(2)15-19(21)3/h5-7,9-10,12-13,15H,4,8,11,14,16-17H2,1-3H3,(H,26,30). The van der Waals surface area contributed by atoms with E-state index in [4.69, 9.17) is 4.74 Å². The average Bonchev–Trinajstić information content (AvgIpc) is 3.18. The average molecular weight is 467 g/mol. The van der Waals surface area contributed by atoms with Gasteiger partial charge in [-0.15, -0.1) is 10.2 Å². The summed E-state index contributed by atoms with van der Waals surface area (Å²) in [6.07, 6.45) is 1.49. The Kier molecular flexibility index (Phi) is 9.06. The Morgan fingerprint density at radius 2 is 1.88 bits per heavy atom. The minimum Gasteiger partial charge on any atom is -0.466 e. The molecule has 33 heavy (non-hydrogen) atoms. The van der Waals surface area contributed by atoms with E-state index in [1.165, 1.54) is 17.3 Å². The molecule has 2 aromatic carbocycles. The quantitative estimate of drug-likeness (QED) is 0.261. The zero-order valence-electron chi connectivity index (χ0n) is 19.3. The lowest BCUT2D eigenvalue weighted by atomic mass is 10.1. The predicted octanol–water partition coefficient (Wildman–Crippen LogP) is 4.03. The molecule has 8 heteroatoms. The van der Waals surface area contributed by atoms with Crippen LogP contribution in [0.3, 0.4) is 0 Å². The van der Waals surface area contributed by atoms with E-state index >= 15 is 0 Å². The lowest BCUT2D eigenvalue weighted by molar-refractivity contribution is -0.143. The fourth-order valence-electron chi connectivity index (χ4n) is 3.46. The molecule has 0 radical (unpaired) electrons. The van der Waals surface area contributed by atoms with Crippen LogP contribution in [0.5, 0.6) is 0 Å². The number of carbonyl (C=O) groups excluding carboxylic acids is 2. The summed E-state index contributed by atoms with van der Waals surface area (Å²) >= 11 is 1.35. The molecule has 0 saturated heterocycles. The molecule has 1 amide bonds. The first kappa shape index (κ1) is 24.5. The Labute approximate surface area is 198 Å². The van der Waals surface area contributed by atoms with E-state index < -0.39 is 0 Å². The van der Waals surface area contributed by atoms with Gasteiger partial charge in [-0.2, -0.15) is 0 Å². The number of ether oxygens (including phenoxy) is 1. The van der Waals surface area contributed by atoms with E-state index in [-0.39, 0.29) is 17.6 Å². The molecule has 0 saturated carbocycles. The molecule has 0 fully saturated rings. The van der Waals surface area contributed by atoms with Crippen molar-refractivity contribution in [3.05, 3.63) is 71.0 Å². The highest BCUT2D eigenvalue weighted by atomic mass is 32.2. The fraction of sp³-hybridized carbons (Fsp3) is 0.360. The summed E-state index contributed by atoms with van der Waals surface area (Å²) < 4.78 is 6.94. The van der Waals surface area contributed by atoms with E-state index in [2.05, 4.69) is 59.7 Å². The summed E-state index contributed by atoms with van der Waals surface area (Å²) in [6, 6.07) is 16.4. The van der Waals surface area contributed by atoms with Gasteiger partial charge in [0.2, 0.25) is 5.91 Å². The molecule has 174 valence electrons. The van der Waals surface area contributed by atoms with E-state index in [9.17, 15) is 9.59 Å². The molecule has 0 atom stereocenters. The molecule has 7 nitrogen and oxygen atoms in total. The largest absolute Gasteiger partial charge is 0.466 e. The van der Waals surface area contributed by atoms with Gasteiger partial charge in [0.1, 0.15) is 5.82 Å². The summed E-state index contributed by atoms with van der Waals surface area (Å²) in [5, 5.41) is 12.4. The molecular weight excluding hydrogens is 436 g/mol. The molecular formula is C25H30N4O3S. The fourth-order valence-corrected chi connectivity index (χ4v) is 4.25. The van der Waals surface area contributed by atoms with E-state index in [0.717, 1.165) is 22.6 Å². The summed E-state index contributed by atoms with van der Waals surface area (Å²) in [6.45, 7) is 6.71. The number of hydrogen-bond acceptors (Lipinski definition) is 6. The van der Waals surface area contributed by atoms with Crippen LogP contribution in [0.2, 0.25) is 0 Å². The second-order valence-corrected chi connectivity index (χ2v) is 8.68. The van der Waals surface area contributed by atoms with Crippen molar-refractivity contribution < 1.29 is 14.3 Å². The molecule has 0 bridgehead atoms. The Morgan fingerprint density at radius 3 is 2.61 bits per heavy atom. The highest BCUT2D eigenvalue weighted by molar-refractivity contribution is 7.99. The summed E-state index contributed by atoms with van der Waals surface area (Å²) in [5.74, 6) is 0.691. The minimum atomic E-state index is -0.242. The number of carbonyl (C=O) groups is 2. The summed E-state index contributed by atoms with van der Waals surface area (Å²) in [7, 11) is 0. The first-order valence-corrected chi connectivity index (χ1v) is 12.1. The van der Waals surface area contributed by atoms with Gasteiger partial charge in [-0.3, -0.25) is 14.2 Å². The van der Waals surface area contributed by atoms with E-state index in [1.54, 1.807) is 6.92 Å². The van der Waals surface area contributed by atoms with Crippen LogP contribution >= 0.6 is 11.8 Å². The number of rotatable bonds is 11. The molecule has 1 aromatic heterocycles. The first-order chi connectivity index (χ1) is 16.0. The Morgan fingerprint density at radius 1 is 1.09 bits per heavy atom. The van der Waals surface area contributed by atoms with Crippen molar-refractivity contribution >= 4 is 23.6 Å². The molecule has 0 spiro atoms. The number of thioether (sulfide) groups is 1. The van der Waals surface area contributed by atoms with E-state index in [1.807, 2.05) is 22.8 Å². The van der Waals surface area contributed by atoms with Crippen molar-refractivity contribution in [2.24, 2.45) is 0 Å². The monoisotopic (exact) mass is 466 g/mol. The van der Waals surface area contributed by atoms with E-state index in [0.29, 0.717) is 37.6 Å². The van der Waals surface area contributed by atoms with Crippen LogP contribution in [-0.2, 0) is 20.7 Å². The smallest absolute Gasteiger partial charge is 0.305 e. The summed E-state index contributed by atoms with van der Waals surface area (Å²) in [4.78, 5) is 23.7. The highest BCUT2D eigenvalue weighted by Gasteiger charge is 2.18. The topological polar surface area (TPSA) is 86.1 Å². The molecule has 0 aliphatic rings. The lowest BCUT2D eigenvalue weighted by Gasteiger charge is -2.13. The van der Waals surface area contributed by atoms with Crippen LogP contribution in [0, 0.1) is 13.8 Å². The second-order valence-electron chi connectivity index (χ2n) is 7.73. The van der Waals surface area contributed by atoms with Crippen molar-refractivity contribution in [3.8, 4) is 5.69 Å². The molecule has 1 heterocycles. The maximum absolute atomic E-state index is 12.3. The van der Waals surface area contributed by atoms with Crippen LogP contribution in [0.4, 0.5) is 0 Å². The van der Waals surface area contributed by atoms with Crippen molar-refractivity contribution in [1.82, 2.24) is 20.1 Å². The maximum atomic E-state index is 12.3. The zero-order valence-corrected chi connectivity index (χ0v) is 20.2. The highest BCUT2D eigenvalue weighted by Crippen LogP contribution is 2.26. The normalized spacial score (nSPS) is 10.8. The van der Waals surface area contributed by atoms with Gasteiger partial charge in [-0.1, -0.05) is 59.8 Å². The minimum absolute atomic E-state index is 0.108. The van der Waals surface area contributed by atoms with Crippen molar-refractivity contribution in [3.63, 3.8) is 0 Å². The SMILES string of the molecule is CCOC(=O)CCCNC(=O)CSc1nnc(Cc2ccccc2)n1-c1ccc(C)cc1C. The number of aromatic nitrogens is 3. The third-order valence-corrected chi connectivity index (χ3v) is 5.95. The van der Waals surface area contributed by atoms with Gasteiger partial charge in [0.15, 0.2) is 5.16 Å². The van der Waals surface area contributed by atoms with Crippen LogP contribution in [0.1, 0.15) is 42.3 Å². The maximum Gasteiger partial charge on any atom is 0.305 e. The third kappa shape index (κ3) is 7.18. The number of aryl methyl sites for hydroxylation is 2. The van der Waals surface area contributed by atoms with Gasteiger partial charge in [0, 0.05) is 19.4 Å². The number of esters is 1. The van der Waals surface area contributed by atoms with Gasteiger partial charge in [-0.05, 0) is 44.4 Å². The Hall–Kier alpha value is -3.13. The van der Waals surface area contributed by atoms with Crippen molar-refractivity contribution in [1.29, 1.82) is 0 Å². The molecule has 3 rings (SSSR count). The van der Waals surface area contributed by atoms with Crippen LogP contribution < -0.4 is 5.32 Å². The van der Waals surface area contributed by atoms with Gasteiger partial charge >= 0.3 is 5.97 Å². The zero-order chi connectivity index (χ0) is 23.6. The molecule has 0 aliphatic carbocycles. The first-order valence-electron chi connectivity index (χ1n) is 11.1. The van der Waals surface area contributed by atoms with Crippen LogP contribution in [0.25, 0.3) is 5.69 Å². The lowest BCUT2D eigenvalue weighted by Crippen LogP contribution is -2.26. The predicted molar refractivity (Wildman–Crippen MR) is 130 cm³/mol. The number of amides is 1. The van der Waals surface area contributed by atoms with Crippen LogP contribution in [-0.4, -0.2) is 45.5 Å². The van der Waals surface area contributed by atoms with Crippen molar-refractivity contribution in [2.45, 2.75) is 45.2 Å². The number of nitrogens with zero attached hydrogens (tertiary/aromatic N) is 3. The number of benzene rings is 2. The summed E-state index contributed by atoms with van der Waals surface area (Å²) in [5.41, 5.74) is 4.46. The van der Waals surface area contributed by atoms with Gasteiger partial charge in [0.05, 0.1) is 18.0 Å². The number of hydrogen-bond donors (Lipinski definition) is 1. The third-order valence-electron chi connectivity index (χ3n) is 5.02. The second kappa shape index (κ2) is 12.2. The van der Waals surface area contributed by atoms with Gasteiger partial charge in [-0.25, -0.2) is 0 Å². The van der Waals surface area contributed by atoms with Crippen LogP contribution in [0.15, 0.2) is 53.7 Å².